The standard InChI is InChI=1S/C16H13ClF4/c17-10-13(12-4-2-6-15(18)9-12)7-11-3-1-5-14(8-11)16(19,20)21/h1-6,8-9,13H,7,10H2. The van der Waals surface area contributed by atoms with Gasteiger partial charge in [0.15, 0.2) is 0 Å². The van der Waals surface area contributed by atoms with E-state index in [1.165, 1.54) is 18.2 Å². The molecular weight excluding hydrogens is 304 g/mol. The van der Waals surface area contributed by atoms with Crippen LogP contribution in [0.4, 0.5) is 17.6 Å². The minimum Gasteiger partial charge on any atom is -0.207 e. The van der Waals surface area contributed by atoms with Gasteiger partial charge in [0.2, 0.25) is 0 Å². The van der Waals surface area contributed by atoms with Crippen molar-refractivity contribution in [2.24, 2.45) is 0 Å². The maximum absolute atomic E-state index is 13.2. The smallest absolute Gasteiger partial charge is 0.207 e. The first-order valence-electron chi connectivity index (χ1n) is 6.37. The summed E-state index contributed by atoms with van der Waals surface area (Å²) in [4.78, 5) is 0. The predicted octanol–water partition coefficient (Wildman–Crippen LogP) is 5.41. The summed E-state index contributed by atoms with van der Waals surface area (Å²) in [7, 11) is 0. The lowest BCUT2D eigenvalue weighted by Gasteiger charge is -2.16. The zero-order chi connectivity index (χ0) is 15.5. The highest BCUT2D eigenvalue weighted by Crippen LogP contribution is 2.31. The van der Waals surface area contributed by atoms with Crippen molar-refractivity contribution in [3.05, 3.63) is 71.0 Å². The quantitative estimate of drug-likeness (QED) is 0.522. The third-order valence-corrected chi connectivity index (χ3v) is 3.62. The second-order valence-corrected chi connectivity index (χ2v) is 5.12. The van der Waals surface area contributed by atoms with Gasteiger partial charge in [-0.25, -0.2) is 4.39 Å². The predicted molar refractivity (Wildman–Crippen MR) is 75.0 cm³/mol. The van der Waals surface area contributed by atoms with Crippen LogP contribution in [0.25, 0.3) is 0 Å². The highest BCUT2D eigenvalue weighted by molar-refractivity contribution is 6.18. The lowest BCUT2D eigenvalue weighted by molar-refractivity contribution is -0.137. The molecule has 0 aliphatic rings. The van der Waals surface area contributed by atoms with E-state index in [0.717, 1.165) is 12.1 Å². The van der Waals surface area contributed by atoms with E-state index in [0.29, 0.717) is 17.5 Å². The van der Waals surface area contributed by atoms with Crippen LogP contribution < -0.4 is 0 Å². The highest BCUT2D eigenvalue weighted by Gasteiger charge is 2.30. The summed E-state index contributed by atoms with van der Waals surface area (Å²) in [5.74, 6) is -0.405. The first kappa shape index (κ1) is 15.8. The Labute approximate surface area is 125 Å². The molecule has 2 aromatic carbocycles. The SMILES string of the molecule is Fc1cccc(C(CCl)Cc2cccc(C(F)(F)F)c2)c1. The summed E-state index contributed by atoms with van der Waals surface area (Å²) in [5.41, 5.74) is 0.523. The van der Waals surface area contributed by atoms with Crippen molar-refractivity contribution in [2.75, 3.05) is 5.88 Å². The summed E-state index contributed by atoms with van der Waals surface area (Å²) in [5, 5.41) is 0. The zero-order valence-electron chi connectivity index (χ0n) is 11.0. The largest absolute Gasteiger partial charge is 0.416 e. The summed E-state index contributed by atoms with van der Waals surface area (Å²) in [6.45, 7) is 0. The van der Waals surface area contributed by atoms with E-state index in [1.807, 2.05) is 0 Å². The van der Waals surface area contributed by atoms with E-state index in [-0.39, 0.29) is 17.6 Å². The second-order valence-electron chi connectivity index (χ2n) is 4.81. The molecule has 0 saturated carbocycles. The zero-order valence-corrected chi connectivity index (χ0v) is 11.8. The first-order valence-corrected chi connectivity index (χ1v) is 6.91. The first-order chi connectivity index (χ1) is 9.90. The molecule has 0 fully saturated rings. The molecule has 0 saturated heterocycles. The van der Waals surface area contributed by atoms with E-state index < -0.39 is 11.7 Å². The Morgan fingerprint density at radius 3 is 2.33 bits per heavy atom. The fourth-order valence-corrected chi connectivity index (χ4v) is 2.47. The van der Waals surface area contributed by atoms with Crippen LogP contribution in [0.5, 0.6) is 0 Å². The topological polar surface area (TPSA) is 0 Å². The molecule has 0 amide bonds. The van der Waals surface area contributed by atoms with Crippen LogP contribution in [0.2, 0.25) is 0 Å². The summed E-state index contributed by atoms with van der Waals surface area (Å²) in [6.07, 6.45) is -4.04. The normalized spacial score (nSPS) is 13.2. The van der Waals surface area contributed by atoms with Crippen molar-refractivity contribution >= 4 is 11.6 Å². The van der Waals surface area contributed by atoms with Crippen LogP contribution in [0.1, 0.15) is 22.6 Å². The monoisotopic (exact) mass is 316 g/mol. The van der Waals surface area contributed by atoms with Gasteiger partial charge in [-0.15, -0.1) is 11.6 Å². The van der Waals surface area contributed by atoms with E-state index in [4.69, 9.17) is 11.6 Å². The van der Waals surface area contributed by atoms with Gasteiger partial charge in [-0.1, -0.05) is 30.3 Å². The molecule has 1 unspecified atom stereocenters. The summed E-state index contributed by atoms with van der Waals surface area (Å²) < 4.78 is 51.3. The molecular formula is C16H13ClF4. The number of benzene rings is 2. The van der Waals surface area contributed by atoms with Crippen LogP contribution in [0, 0.1) is 5.82 Å². The maximum atomic E-state index is 13.2. The molecule has 0 N–H and O–H groups in total. The average Bonchev–Trinajstić information content (AvgIpc) is 2.44. The minimum absolute atomic E-state index is 0.208. The van der Waals surface area contributed by atoms with Crippen molar-refractivity contribution < 1.29 is 17.6 Å². The lowest BCUT2D eigenvalue weighted by Crippen LogP contribution is -2.08. The van der Waals surface area contributed by atoms with Gasteiger partial charge in [-0.2, -0.15) is 13.2 Å². The Morgan fingerprint density at radius 2 is 1.71 bits per heavy atom. The Hall–Kier alpha value is -1.55. The van der Waals surface area contributed by atoms with Gasteiger partial charge in [-0.05, 0) is 35.7 Å². The van der Waals surface area contributed by atoms with Crippen LogP contribution in [-0.4, -0.2) is 5.88 Å². The summed E-state index contributed by atoms with van der Waals surface area (Å²) in [6, 6.07) is 11.1. The molecule has 5 heteroatoms. The van der Waals surface area contributed by atoms with Gasteiger partial charge < -0.3 is 0 Å². The van der Waals surface area contributed by atoms with Crippen LogP contribution in [0.3, 0.4) is 0 Å². The van der Waals surface area contributed by atoms with Crippen LogP contribution >= 0.6 is 11.6 Å². The van der Waals surface area contributed by atoms with E-state index in [9.17, 15) is 17.6 Å². The molecule has 0 aliphatic heterocycles. The van der Waals surface area contributed by atoms with Gasteiger partial charge in [-0.3, -0.25) is 0 Å². The molecule has 0 aliphatic carbocycles. The van der Waals surface area contributed by atoms with Crippen LogP contribution in [-0.2, 0) is 12.6 Å². The number of hydrogen-bond donors (Lipinski definition) is 0. The number of alkyl halides is 4. The van der Waals surface area contributed by atoms with Crippen molar-refractivity contribution in [3.63, 3.8) is 0 Å². The van der Waals surface area contributed by atoms with Gasteiger partial charge in [0.05, 0.1) is 5.56 Å². The van der Waals surface area contributed by atoms with E-state index in [2.05, 4.69) is 0 Å². The Balaban J connectivity index is 2.23. The van der Waals surface area contributed by atoms with Crippen molar-refractivity contribution in [3.8, 4) is 0 Å². The Morgan fingerprint density at radius 1 is 1.00 bits per heavy atom. The average molecular weight is 317 g/mol. The molecule has 0 heterocycles. The molecule has 2 rings (SSSR count). The second kappa shape index (κ2) is 6.48. The molecule has 2 aromatic rings. The minimum atomic E-state index is -4.37. The van der Waals surface area contributed by atoms with Crippen molar-refractivity contribution in [1.82, 2.24) is 0 Å². The van der Waals surface area contributed by atoms with Gasteiger partial charge in [0, 0.05) is 11.8 Å². The Kier molecular flexibility index (Phi) is 4.88. The van der Waals surface area contributed by atoms with Crippen molar-refractivity contribution in [2.45, 2.75) is 18.5 Å². The number of halogens is 5. The molecule has 0 radical (unpaired) electrons. The van der Waals surface area contributed by atoms with E-state index >= 15 is 0 Å². The van der Waals surface area contributed by atoms with E-state index in [1.54, 1.807) is 18.2 Å². The lowest BCUT2D eigenvalue weighted by atomic mass is 9.93. The fourth-order valence-electron chi connectivity index (χ4n) is 2.18. The molecule has 21 heavy (non-hydrogen) atoms. The number of rotatable bonds is 4. The molecule has 0 spiro atoms. The van der Waals surface area contributed by atoms with Crippen LogP contribution in [0.15, 0.2) is 48.5 Å². The molecule has 0 aromatic heterocycles. The van der Waals surface area contributed by atoms with Crippen molar-refractivity contribution in [1.29, 1.82) is 0 Å². The van der Waals surface area contributed by atoms with Gasteiger partial charge in [0.25, 0.3) is 0 Å². The Bertz CT molecular complexity index is 607. The molecule has 112 valence electrons. The van der Waals surface area contributed by atoms with Gasteiger partial charge in [0.1, 0.15) is 5.82 Å². The summed E-state index contributed by atoms with van der Waals surface area (Å²) >= 11 is 5.89. The molecule has 0 nitrogen and oxygen atoms in total. The third kappa shape index (κ3) is 4.21. The maximum Gasteiger partial charge on any atom is 0.416 e. The molecule has 0 bridgehead atoms. The highest BCUT2D eigenvalue weighted by atomic mass is 35.5. The molecule has 1 atom stereocenters. The fraction of sp³-hybridized carbons (Fsp3) is 0.250. The number of hydrogen-bond acceptors (Lipinski definition) is 0. The van der Waals surface area contributed by atoms with Gasteiger partial charge >= 0.3 is 6.18 Å². The third-order valence-electron chi connectivity index (χ3n) is 3.24.